The first-order valence-electron chi connectivity index (χ1n) is 6.77. The zero-order valence-electron chi connectivity index (χ0n) is 12.1. The Labute approximate surface area is 118 Å². The van der Waals surface area contributed by atoms with Crippen LogP contribution in [0.3, 0.4) is 0 Å². The van der Waals surface area contributed by atoms with Gasteiger partial charge in [-0.25, -0.2) is 9.37 Å². The van der Waals surface area contributed by atoms with E-state index in [9.17, 15) is 9.18 Å². The van der Waals surface area contributed by atoms with E-state index < -0.39 is 0 Å². The number of nitrogens with zero attached hydrogens (tertiary/aromatic N) is 1. The van der Waals surface area contributed by atoms with Gasteiger partial charge in [0.15, 0.2) is 11.6 Å². The van der Waals surface area contributed by atoms with E-state index in [4.69, 9.17) is 0 Å². The Morgan fingerprint density at radius 1 is 1.50 bits per heavy atom. The fourth-order valence-electron chi connectivity index (χ4n) is 1.98. The summed E-state index contributed by atoms with van der Waals surface area (Å²) in [6, 6.07) is 1.56. The predicted octanol–water partition coefficient (Wildman–Crippen LogP) is 1.41. The second-order valence-corrected chi connectivity index (χ2v) is 6.09. The first kappa shape index (κ1) is 14.7. The lowest BCUT2D eigenvalue weighted by Gasteiger charge is -2.21. The molecule has 0 saturated carbocycles. The summed E-state index contributed by atoms with van der Waals surface area (Å²) in [6.07, 6.45) is 1.93. The van der Waals surface area contributed by atoms with Gasteiger partial charge in [-0.05, 0) is 26.8 Å². The number of carbonyl (C=O) groups excluding carboxylic acids is 1. The van der Waals surface area contributed by atoms with Crippen molar-refractivity contribution >= 4 is 11.7 Å². The minimum absolute atomic E-state index is 0.0199. The molecular weight excluding hydrogens is 259 g/mol. The monoisotopic (exact) mass is 280 g/mol. The Hall–Kier alpha value is -1.69. The number of aromatic nitrogens is 1. The second kappa shape index (κ2) is 5.75. The molecule has 1 saturated heterocycles. The van der Waals surface area contributed by atoms with Gasteiger partial charge in [-0.3, -0.25) is 4.79 Å². The van der Waals surface area contributed by atoms with E-state index in [1.165, 1.54) is 0 Å². The molecule has 6 heteroatoms. The maximum atomic E-state index is 14.3. The average Bonchev–Trinajstić information content (AvgIpc) is 2.75. The number of anilines is 1. The number of amides is 1. The van der Waals surface area contributed by atoms with Crippen molar-refractivity contribution in [1.29, 1.82) is 0 Å². The molecule has 1 amide bonds. The second-order valence-electron chi connectivity index (χ2n) is 6.09. The van der Waals surface area contributed by atoms with Crippen LogP contribution in [-0.2, 0) is 11.3 Å². The highest BCUT2D eigenvalue weighted by atomic mass is 19.1. The van der Waals surface area contributed by atoms with Crippen molar-refractivity contribution in [2.24, 2.45) is 0 Å². The molecule has 20 heavy (non-hydrogen) atoms. The molecule has 1 aromatic heterocycles. The predicted molar refractivity (Wildman–Crippen MR) is 75.8 cm³/mol. The fraction of sp³-hybridized carbons (Fsp3) is 0.571. The summed E-state index contributed by atoms with van der Waals surface area (Å²) in [7, 11) is 0. The Kier molecular flexibility index (Phi) is 4.23. The van der Waals surface area contributed by atoms with Crippen molar-refractivity contribution in [2.45, 2.75) is 45.3 Å². The normalized spacial score (nSPS) is 19.0. The summed E-state index contributed by atoms with van der Waals surface area (Å²) < 4.78 is 14.3. The fourth-order valence-corrected chi connectivity index (χ4v) is 1.98. The maximum absolute atomic E-state index is 14.3. The van der Waals surface area contributed by atoms with Gasteiger partial charge >= 0.3 is 0 Å². The van der Waals surface area contributed by atoms with Crippen LogP contribution in [0.1, 0.15) is 32.8 Å². The molecule has 0 spiro atoms. The van der Waals surface area contributed by atoms with E-state index in [0.717, 1.165) is 0 Å². The van der Waals surface area contributed by atoms with Crippen LogP contribution >= 0.6 is 0 Å². The van der Waals surface area contributed by atoms with Gasteiger partial charge in [-0.1, -0.05) is 0 Å². The minimum Gasteiger partial charge on any atom is -0.363 e. The van der Waals surface area contributed by atoms with Crippen molar-refractivity contribution in [2.75, 3.05) is 11.9 Å². The van der Waals surface area contributed by atoms with Gasteiger partial charge in [0.2, 0.25) is 5.91 Å². The quantitative estimate of drug-likeness (QED) is 0.780. The molecular formula is C14H21FN4O. The topological polar surface area (TPSA) is 66.1 Å². The summed E-state index contributed by atoms with van der Waals surface area (Å²) in [5, 5.41) is 8.93. The Balaban J connectivity index is 2.05. The highest BCUT2D eigenvalue weighted by molar-refractivity contribution is 5.79. The first-order chi connectivity index (χ1) is 9.35. The molecule has 5 nitrogen and oxygen atoms in total. The lowest BCUT2D eigenvalue weighted by atomic mass is 10.1. The third-order valence-electron chi connectivity index (χ3n) is 3.10. The molecule has 0 aliphatic carbocycles. The zero-order chi connectivity index (χ0) is 14.8. The van der Waals surface area contributed by atoms with E-state index in [-0.39, 0.29) is 29.1 Å². The molecule has 1 aliphatic rings. The van der Waals surface area contributed by atoms with Crippen LogP contribution in [0.4, 0.5) is 10.2 Å². The molecule has 0 bridgehead atoms. The molecule has 110 valence electrons. The van der Waals surface area contributed by atoms with Crippen molar-refractivity contribution in [3.05, 3.63) is 23.6 Å². The van der Waals surface area contributed by atoms with E-state index in [1.807, 2.05) is 20.8 Å². The summed E-state index contributed by atoms with van der Waals surface area (Å²) in [4.78, 5) is 15.2. The lowest BCUT2D eigenvalue weighted by Crippen LogP contribution is -2.35. The number of rotatable bonds is 4. The average molecular weight is 280 g/mol. The van der Waals surface area contributed by atoms with Crippen LogP contribution in [0.15, 0.2) is 12.3 Å². The standard InChI is InChI=1S/C14H21FN4O/c1-14(2,3)18-7-9-4-5-16-13(12(9)15)19-10-6-11(20)17-8-10/h4-5,10,18H,6-8H2,1-3H3,(H,16,19)(H,17,20). The first-order valence-corrected chi connectivity index (χ1v) is 6.77. The maximum Gasteiger partial charge on any atom is 0.222 e. The molecule has 2 heterocycles. The lowest BCUT2D eigenvalue weighted by molar-refractivity contribution is -0.119. The number of carbonyl (C=O) groups is 1. The van der Waals surface area contributed by atoms with Crippen LogP contribution in [0.25, 0.3) is 0 Å². The van der Waals surface area contributed by atoms with Gasteiger partial charge in [0, 0.05) is 36.8 Å². The Bertz CT molecular complexity index is 498. The molecule has 3 N–H and O–H groups in total. The summed E-state index contributed by atoms with van der Waals surface area (Å²) in [5.74, 6) is -0.170. The number of hydrogen-bond donors (Lipinski definition) is 3. The molecule has 1 atom stereocenters. The summed E-state index contributed by atoms with van der Waals surface area (Å²) in [6.45, 7) is 7.03. The van der Waals surface area contributed by atoms with Gasteiger partial charge in [0.05, 0.1) is 6.04 Å². The van der Waals surface area contributed by atoms with Crippen molar-refractivity contribution in [3.63, 3.8) is 0 Å². The number of halogens is 1. The van der Waals surface area contributed by atoms with Crippen LogP contribution in [0.5, 0.6) is 0 Å². The molecule has 1 aromatic rings. The summed E-state index contributed by atoms with van der Waals surface area (Å²) >= 11 is 0. The van der Waals surface area contributed by atoms with Crippen molar-refractivity contribution in [1.82, 2.24) is 15.6 Å². The van der Waals surface area contributed by atoms with E-state index in [2.05, 4.69) is 20.9 Å². The van der Waals surface area contributed by atoms with Crippen LogP contribution in [0, 0.1) is 5.82 Å². The van der Waals surface area contributed by atoms with E-state index in [1.54, 1.807) is 12.3 Å². The molecule has 2 rings (SSSR count). The van der Waals surface area contributed by atoms with Gasteiger partial charge < -0.3 is 16.0 Å². The van der Waals surface area contributed by atoms with Gasteiger partial charge in [-0.15, -0.1) is 0 Å². The van der Waals surface area contributed by atoms with Crippen LogP contribution in [0.2, 0.25) is 0 Å². The smallest absolute Gasteiger partial charge is 0.222 e. The van der Waals surface area contributed by atoms with Gasteiger partial charge in [0.25, 0.3) is 0 Å². The Morgan fingerprint density at radius 2 is 2.25 bits per heavy atom. The largest absolute Gasteiger partial charge is 0.363 e. The van der Waals surface area contributed by atoms with E-state index >= 15 is 0 Å². The molecule has 1 fully saturated rings. The zero-order valence-corrected chi connectivity index (χ0v) is 12.1. The minimum atomic E-state index is -0.358. The van der Waals surface area contributed by atoms with Crippen molar-refractivity contribution < 1.29 is 9.18 Å². The number of pyridine rings is 1. The molecule has 1 unspecified atom stereocenters. The van der Waals surface area contributed by atoms with Crippen LogP contribution < -0.4 is 16.0 Å². The van der Waals surface area contributed by atoms with Gasteiger partial charge in [-0.2, -0.15) is 0 Å². The Morgan fingerprint density at radius 3 is 2.85 bits per heavy atom. The SMILES string of the molecule is CC(C)(C)NCc1ccnc(NC2CNC(=O)C2)c1F. The summed E-state index contributed by atoms with van der Waals surface area (Å²) in [5.41, 5.74) is 0.486. The van der Waals surface area contributed by atoms with Crippen molar-refractivity contribution in [3.8, 4) is 0 Å². The van der Waals surface area contributed by atoms with E-state index in [0.29, 0.717) is 25.1 Å². The van der Waals surface area contributed by atoms with Crippen LogP contribution in [-0.4, -0.2) is 29.0 Å². The highest BCUT2D eigenvalue weighted by Crippen LogP contribution is 2.18. The molecule has 1 aliphatic heterocycles. The third kappa shape index (κ3) is 3.90. The number of hydrogen-bond acceptors (Lipinski definition) is 4. The third-order valence-corrected chi connectivity index (χ3v) is 3.10. The van der Waals surface area contributed by atoms with Gasteiger partial charge in [0.1, 0.15) is 0 Å². The number of nitrogens with one attached hydrogen (secondary N) is 3. The molecule has 0 aromatic carbocycles. The highest BCUT2D eigenvalue weighted by Gasteiger charge is 2.23. The molecule has 0 radical (unpaired) electrons.